The van der Waals surface area contributed by atoms with Gasteiger partial charge in [0.2, 0.25) is 5.91 Å². The first kappa shape index (κ1) is 12.1. The maximum atomic E-state index is 11.4. The molecule has 2 rings (SSSR count). The second kappa shape index (κ2) is 4.48. The van der Waals surface area contributed by atoms with Gasteiger partial charge in [-0.3, -0.25) is 14.3 Å². The Bertz CT molecular complexity index is 630. The summed E-state index contributed by atoms with van der Waals surface area (Å²) in [5.74, 6) is -0.780. The third-order valence-corrected chi connectivity index (χ3v) is 2.71. The first-order valence-corrected chi connectivity index (χ1v) is 5.50. The fourth-order valence-electron chi connectivity index (χ4n) is 1.81. The predicted molar refractivity (Wildman–Crippen MR) is 67.1 cm³/mol. The molecule has 1 heterocycles. The van der Waals surface area contributed by atoms with Crippen molar-refractivity contribution in [3.63, 3.8) is 0 Å². The highest BCUT2D eigenvalue weighted by atomic mass is 16.2. The third-order valence-electron chi connectivity index (χ3n) is 2.71. The summed E-state index contributed by atoms with van der Waals surface area (Å²) in [6.07, 6.45) is 0. The summed E-state index contributed by atoms with van der Waals surface area (Å²) in [7, 11) is 1.55. The quantitative estimate of drug-likeness (QED) is 0.810. The van der Waals surface area contributed by atoms with Gasteiger partial charge < -0.3 is 11.1 Å². The normalized spacial score (nSPS) is 10.6. The largest absolute Gasteiger partial charge is 0.364 e. The average molecular weight is 246 g/mol. The number of nitrogens with zero attached hydrogens (tertiary/aromatic N) is 2. The lowest BCUT2D eigenvalue weighted by atomic mass is 10.1. The minimum absolute atomic E-state index is 0.0589. The zero-order chi connectivity index (χ0) is 13.3. The number of amides is 2. The Balaban J connectivity index is 2.61. The lowest BCUT2D eigenvalue weighted by Gasteiger charge is -2.02. The van der Waals surface area contributed by atoms with Crippen molar-refractivity contribution in [3.05, 3.63) is 29.5 Å². The van der Waals surface area contributed by atoms with Crippen molar-refractivity contribution in [2.75, 3.05) is 7.05 Å². The van der Waals surface area contributed by atoms with E-state index in [1.165, 1.54) is 4.68 Å². The molecular formula is C12H14N4O2. The molecule has 0 aliphatic heterocycles. The molecule has 94 valence electrons. The van der Waals surface area contributed by atoms with Crippen LogP contribution < -0.4 is 11.1 Å². The molecule has 0 saturated carbocycles. The molecule has 0 saturated heterocycles. The molecule has 0 unspecified atom stereocenters. The van der Waals surface area contributed by atoms with Crippen LogP contribution in [-0.2, 0) is 11.3 Å². The number of hydrogen-bond donors (Lipinski definition) is 2. The number of nitrogens with two attached hydrogens (primary N) is 1. The highest BCUT2D eigenvalue weighted by molar-refractivity contribution is 6.04. The summed E-state index contributed by atoms with van der Waals surface area (Å²) in [5.41, 5.74) is 7.21. The van der Waals surface area contributed by atoms with Gasteiger partial charge in [0.05, 0.1) is 5.52 Å². The van der Waals surface area contributed by atoms with Crippen LogP contribution in [0.4, 0.5) is 0 Å². The second-order valence-corrected chi connectivity index (χ2v) is 4.06. The molecular weight excluding hydrogens is 232 g/mol. The summed E-state index contributed by atoms with van der Waals surface area (Å²) in [6.45, 7) is 1.98. The van der Waals surface area contributed by atoms with E-state index in [-0.39, 0.29) is 18.1 Å². The Morgan fingerprint density at radius 3 is 2.78 bits per heavy atom. The van der Waals surface area contributed by atoms with Crippen LogP contribution in [0.15, 0.2) is 18.2 Å². The Hall–Kier alpha value is -2.37. The topological polar surface area (TPSA) is 90.0 Å². The van der Waals surface area contributed by atoms with Gasteiger partial charge in [0, 0.05) is 12.4 Å². The number of aromatic nitrogens is 2. The van der Waals surface area contributed by atoms with Gasteiger partial charge >= 0.3 is 0 Å². The number of aryl methyl sites for hydroxylation is 1. The van der Waals surface area contributed by atoms with E-state index in [0.717, 1.165) is 11.1 Å². The molecule has 0 radical (unpaired) electrons. The van der Waals surface area contributed by atoms with E-state index < -0.39 is 5.91 Å². The lowest BCUT2D eigenvalue weighted by Crippen LogP contribution is -2.24. The number of hydrogen-bond acceptors (Lipinski definition) is 3. The Labute approximate surface area is 104 Å². The van der Waals surface area contributed by atoms with E-state index in [0.29, 0.717) is 5.39 Å². The third kappa shape index (κ3) is 2.04. The number of fused-ring (bicyclic) bond motifs is 1. The minimum atomic E-state index is -0.596. The molecule has 1 aromatic carbocycles. The van der Waals surface area contributed by atoms with Crippen LogP contribution in [0, 0.1) is 6.92 Å². The molecule has 0 aliphatic carbocycles. The van der Waals surface area contributed by atoms with Crippen LogP contribution in [0.2, 0.25) is 0 Å². The van der Waals surface area contributed by atoms with Crippen molar-refractivity contribution in [2.24, 2.45) is 5.73 Å². The van der Waals surface area contributed by atoms with E-state index in [2.05, 4.69) is 10.4 Å². The van der Waals surface area contributed by atoms with Crippen molar-refractivity contribution in [3.8, 4) is 0 Å². The number of carbonyl (C=O) groups excluding carboxylic acids is 2. The number of likely N-dealkylation sites (N-methyl/N-ethyl adjacent to an activating group) is 1. The predicted octanol–water partition coefficient (Wildman–Crippen LogP) is 0.190. The molecule has 3 N–H and O–H groups in total. The van der Waals surface area contributed by atoms with Crippen LogP contribution in [0.5, 0.6) is 0 Å². The van der Waals surface area contributed by atoms with Gasteiger partial charge in [-0.1, -0.05) is 11.6 Å². The first-order valence-electron chi connectivity index (χ1n) is 5.50. The van der Waals surface area contributed by atoms with Crippen molar-refractivity contribution < 1.29 is 9.59 Å². The van der Waals surface area contributed by atoms with Crippen LogP contribution >= 0.6 is 0 Å². The van der Waals surface area contributed by atoms with Crippen LogP contribution in [0.25, 0.3) is 10.9 Å². The van der Waals surface area contributed by atoms with Crippen molar-refractivity contribution in [1.29, 1.82) is 0 Å². The fourth-order valence-corrected chi connectivity index (χ4v) is 1.81. The van der Waals surface area contributed by atoms with Gasteiger partial charge in [-0.2, -0.15) is 5.10 Å². The summed E-state index contributed by atoms with van der Waals surface area (Å²) < 4.78 is 1.48. The monoisotopic (exact) mass is 246 g/mol. The molecule has 0 atom stereocenters. The van der Waals surface area contributed by atoms with Crippen molar-refractivity contribution in [2.45, 2.75) is 13.5 Å². The van der Waals surface area contributed by atoms with Crippen LogP contribution in [-0.4, -0.2) is 28.6 Å². The van der Waals surface area contributed by atoms with Gasteiger partial charge in [0.15, 0.2) is 5.69 Å². The Morgan fingerprint density at radius 2 is 2.17 bits per heavy atom. The number of primary amides is 1. The summed E-state index contributed by atoms with van der Waals surface area (Å²) >= 11 is 0. The SMILES string of the molecule is CNC(=O)Cn1nc(C(N)=O)c2cc(C)ccc21. The highest BCUT2D eigenvalue weighted by Gasteiger charge is 2.16. The zero-order valence-electron chi connectivity index (χ0n) is 10.2. The Morgan fingerprint density at radius 1 is 1.44 bits per heavy atom. The first-order chi connectivity index (χ1) is 8.52. The van der Waals surface area contributed by atoms with E-state index in [4.69, 9.17) is 5.73 Å². The average Bonchev–Trinajstić information content (AvgIpc) is 2.67. The molecule has 18 heavy (non-hydrogen) atoms. The summed E-state index contributed by atoms with van der Waals surface area (Å²) in [4.78, 5) is 22.7. The molecule has 0 aliphatic rings. The summed E-state index contributed by atoms with van der Waals surface area (Å²) in [6, 6.07) is 5.56. The number of benzene rings is 1. The minimum Gasteiger partial charge on any atom is -0.364 e. The number of carbonyl (C=O) groups is 2. The van der Waals surface area contributed by atoms with E-state index in [1.54, 1.807) is 7.05 Å². The Kier molecular flexibility index (Phi) is 3.01. The maximum absolute atomic E-state index is 11.4. The van der Waals surface area contributed by atoms with Gasteiger partial charge in [-0.15, -0.1) is 0 Å². The van der Waals surface area contributed by atoms with Gasteiger partial charge in [0.25, 0.3) is 5.91 Å². The molecule has 0 fully saturated rings. The smallest absolute Gasteiger partial charge is 0.269 e. The van der Waals surface area contributed by atoms with E-state index >= 15 is 0 Å². The lowest BCUT2D eigenvalue weighted by molar-refractivity contribution is -0.121. The zero-order valence-corrected chi connectivity index (χ0v) is 10.2. The molecule has 6 heteroatoms. The number of nitrogens with one attached hydrogen (secondary N) is 1. The van der Waals surface area contributed by atoms with Gasteiger partial charge in [0.1, 0.15) is 6.54 Å². The van der Waals surface area contributed by atoms with Gasteiger partial charge in [-0.25, -0.2) is 0 Å². The number of rotatable bonds is 3. The van der Waals surface area contributed by atoms with E-state index in [1.807, 2.05) is 25.1 Å². The highest BCUT2D eigenvalue weighted by Crippen LogP contribution is 2.19. The standard InChI is InChI=1S/C12H14N4O2/c1-7-3-4-9-8(5-7)11(12(13)18)15-16(9)6-10(17)14-2/h3-5H,6H2,1-2H3,(H2,13,18)(H,14,17). The van der Waals surface area contributed by atoms with Crippen LogP contribution in [0.1, 0.15) is 16.1 Å². The van der Waals surface area contributed by atoms with Crippen molar-refractivity contribution >= 4 is 22.7 Å². The summed E-state index contributed by atoms with van der Waals surface area (Å²) in [5, 5.41) is 7.28. The molecule has 0 bridgehead atoms. The molecule has 2 aromatic rings. The van der Waals surface area contributed by atoms with E-state index in [9.17, 15) is 9.59 Å². The van der Waals surface area contributed by atoms with Gasteiger partial charge in [-0.05, 0) is 19.1 Å². The second-order valence-electron chi connectivity index (χ2n) is 4.06. The fraction of sp³-hybridized carbons (Fsp3) is 0.250. The molecule has 6 nitrogen and oxygen atoms in total. The molecule has 0 spiro atoms. The molecule has 1 aromatic heterocycles. The maximum Gasteiger partial charge on any atom is 0.269 e. The molecule has 2 amide bonds. The van der Waals surface area contributed by atoms with Crippen LogP contribution in [0.3, 0.4) is 0 Å². The van der Waals surface area contributed by atoms with Crippen molar-refractivity contribution in [1.82, 2.24) is 15.1 Å².